The van der Waals surface area contributed by atoms with Crippen molar-refractivity contribution in [3.05, 3.63) is 48.3 Å². The van der Waals surface area contributed by atoms with Crippen molar-refractivity contribution in [1.82, 2.24) is 4.57 Å². The van der Waals surface area contributed by atoms with Crippen molar-refractivity contribution in [3.63, 3.8) is 0 Å². The van der Waals surface area contributed by atoms with E-state index in [0.717, 1.165) is 28.4 Å². The summed E-state index contributed by atoms with van der Waals surface area (Å²) in [6.07, 6.45) is 0. The summed E-state index contributed by atoms with van der Waals surface area (Å²) in [5.74, 6) is -0.207. The number of nitrogens with zero attached hydrogens (tertiary/aromatic N) is 1. The standard InChI is InChI=1S/C17H18FNO2/c1-20-10-11-21-9-8-19-16-5-3-2-4-14(16)15-12-13(18)6-7-17(15)19/h2-7,12H,8-11H2,1H3. The van der Waals surface area contributed by atoms with Gasteiger partial charge in [-0.15, -0.1) is 0 Å². The molecule has 2 aromatic carbocycles. The van der Waals surface area contributed by atoms with Crippen LogP contribution in [-0.4, -0.2) is 31.5 Å². The Morgan fingerprint density at radius 3 is 2.62 bits per heavy atom. The van der Waals surface area contributed by atoms with E-state index in [-0.39, 0.29) is 5.82 Å². The SMILES string of the molecule is COCCOCCn1c2ccccc2c2cc(F)ccc21. The molecule has 0 spiro atoms. The van der Waals surface area contributed by atoms with Gasteiger partial charge in [0.15, 0.2) is 0 Å². The molecule has 1 heterocycles. The van der Waals surface area contributed by atoms with Gasteiger partial charge in [0.2, 0.25) is 0 Å². The fraction of sp³-hybridized carbons (Fsp3) is 0.294. The van der Waals surface area contributed by atoms with Crippen molar-refractivity contribution in [3.8, 4) is 0 Å². The summed E-state index contributed by atoms with van der Waals surface area (Å²) in [5.41, 5.74) is 2.14. The van der Waals surface area contributed by atoms with Crippen LogP contribution < -0.4 is 0 Å². The van der Waals surface area contributed by atoms with E-state index >= 15 is 0 Å². The molecule has 0 aliphatic carbocycles. The zero-order valence-corrected chi connectivity index (χ0v) is 12.0. The molecule has 3 nitrogen and oxygen atoms in total. The van der Waals surface area contributed by atoms with Crippen molar-refractivity contribution in [2.75, 3.05) is 26.9 Å². The zero-order chi connectivity index (χ0) is 14.7. The molecule has 21 heavy (non-hydrogen) atoms. The van der Waals surface area contributed by atoms with Crippen LogP contribution in [0.3, 0.4) is 0 Å². The van der Waals surface area contributed by atoms with Gasteiger partial charge in [-0.25, -0.2) is 4.39 Å². The van der Waals surface area contributed by atoms with Crippen molar-refractivity contribution in [2.24, 2.45) is 0 Å². The van der Waals surface area contributed by atoms with Gasteiger partial charge in [0.05, 0.1) is 19.8 Å². The van der Waals surface area contributed by atoms with Crippen LogP contribution in [0.4, 0.5) is 4.39 Å². The third kappa shape index (κ3) is 2.77. The van der Waals surface area contributed by atoms with Crippen LogP contribution in [0.15, 0.2) is 42.5 Å². The van der Waals surface area contributed by atoms with Crippen LogP contribution in [0.25, 0.3) is 21.8 Å². The monoisotopic (exact) mass is 287 g/mol. The van der Waals surface area contributed by atoms with Crippen molar-refractivity contribution in [2.45, 2.75) is 6.54 Å². The summed E-state index contributed by atoms with van der Waals surface area (Å²) in [4.78, 5) is 0. The first-order valence-corrected chi connectivity index (χ1v) is 7.04. The van der Waals surface area contributed by atoms with E-state index in [1.807, 2.05) is 24.3 Å². The maximum atomic E-state index is 13.5. The molecule has 0 saturated carbocycles. The molecule has 3 rings (SSSR count). The van der Waals surface area contributed by atoms with Gasteiger partial charge in [-0.3, -0.25) is 0 Å². The maximum absolute atomic E-state index is 13.5. The number of hydrogen-bond acceptors (Lipinski definition) is 2. The molecule has 0 amide bonds. The van der Waals surface area contributed by atoms with E-state index in [1.165, 1.54) is 6.07 Å². The highest BCUT2D eigenvalue weighted by molar-refractivity contribution is 6.07. The number of aromatic nitrogens is 1. The highest BCUT2D eigenvalue weighted by atomic mass is 19.1. The number of hydrogen-bond donors (Lipinski definition) is 0. The Balaban J connectivity index is 1.95. The Bertz CT molecular complexity index is 751. The number of halogens is 1. The van der Waals surface area contributed by atoms with Gasteiger partial charge in [-0.2, -0.15) is 0 Å². The zero-order valence-electron chi connectivity index (χ0n) is 12.0. The van der Waals surface area contributed by atoms with Gasteiger partial charge in [0.1, 0.15) is 5.82 Å². The number of benzene rings is 2. The molecule has 0 saturated heterocycles. The molecule has 0 unspecified atom stereocenters. The Labute approximate surface area is 122 Å². The molecule has 0 aliphatic rings. The highest BCUT2D eigenvalue weighted by Gasteiger charge is 2.10. The molecule has 0 aliphatic heterocycles. The lowest BCUT2D eigenvalue weighted by Gasteiger charge is -2.08. The van der Waals surface area contributed by atoms with Crippen molar-refractivity contribution >= 4 is 21.8 Å². The minimum Gasteiger partial charge on any atom is -0.382 e. The Morgan fingerprint density at radius 2 is 1.76 bits per heavy atom. The summed E-state index contributed by atoms with van der Waals surface area (Å²) in [6, 6.07) is 13.0. The fourth-order valence-corrected chi connectivity index (χ4v) is 2.67. The summed E-state index contributed by atoms with van der Waals surface area (Å²) < 4.78 is 26.2. The van der Waals surface area contributed by atoms with Crippen molar-refractivity contribution < 1.29 is 13.9 Å². The predicted molar refractivity (Wildman–Crippen MR) is 82.1 cm³/mol. The topological polar surface area (TPSA) is 23.4 Å². The minimum absolute atomic E-state index is 0.207. The second-order valence-corrected chi connectivity index (χ2v) is 4.94. The van der Waals surface area contributed by atoms with E-state index in [0.29, 0.717) is 19.8 Å². The molecular weight excluding hydrogens is 269 g/mol. The average molecular weight is 287 g/mol. The van der Waals surface area contributed by atoms with E-state index in [9.17, 15) is 4.39 Å². The summed E-state index contributed by atoms with van der Waals surface area (Å²) in [6.45, 7) is 2.52. The van der Waals surface area contributed by atoms with Crippen LogP contribution in [0, 0.1) is 5.82 Å². The number of para-hydroxylation sites is 1. The molecule has 0 N–H and O–H groups in total. The Hall–Kier alpha value is -1.91. The van der Waals surface area contributed by atoms with E-state index < -0.39 is 0 Å². The number of fused-ring (bicyclic) bond motifs is 3. The van der Waals surface area contributed by atoms with E-state index in [1.54, 1.807) is 13.2 Å². The normalized spacial score (nSPS) is 11.5. The molecule has 0 radical (unpaired) electrons. The quantitative estimate of drug-likeness (QED) is 0.647. The van der Waals surface area contributed by atoms with Crippen LogP contribution in [0.1, 0.15) is 0 Å². The van der Waals surface area contributed by atoms with E-state index in [4.69, 9.17) is 9.47 Å². The van der Waals surface area contributed by atoms with Gasteiger partial charge in [0.25, 0.3) is 0 Å². The molecule has 0 fully saturated rings. The molecule has 3 aromatic rings. The summed E-state index contributed by atoms with van der Waals surface area (Å²) >= 11 is 0. The maximum Gasteiger partial charge on any atom is 0.123 e. The van der Waals surface area contributed by atoms with Gasteiger partial charge < -0.3 is 14.0 Å². The third-order valence-corrected chi connectivity index (χ3v) is 3.63. The van der Waals surface area contributed by atoms with Crippen LogP contribution in [-0.2, 0) is 16.0 Å². The first-order valence-electron chi connectivity index (χ1n) is 7.04. The van der Waals surface area contributed by atoms with Crippen LogP contribution >= 0.6 is 0 Å². The molecule has 4 heteroatoms. The lowest BCUT2D eigenvalue weighted by atomic mass is 10.1. The molecular formula is C17H18FNO2. The van der Waals surface area contributed by atoms with Gasteiger partial charge in [-0.1, -0.05) is 18.2 Å². The first kappa shape index (κ1) is 14.0. The second-order valence-electron chi connectivity index (χ2n) is 4.94. The van der Waals surface area contributed by atoms with E-state index in [2.05, 4.69) is 10.6 Å². The lowest BCUT2D eigenvalue weighted by molar-refractivity contribution is 0.0673. The van der Waals surface area contributed by atoms with Crippen molar-refractivity contribution in [1.29, 1.82) is 0 Å². The number of ether oxygens (including phenoxy) is 2. The Kier molecular flexibility index (Phi) is 4.18. The number of methoxy groups -OCH3 is 1. The summed E-state index contributed by atoms with van der Waals surface area (Å²) in [5, 5.41) is 2.02. The molecule has 0 atom stereocenters. The van der Waals surface area contributed by atoms with Gasteiger partial charge in [-0.05, 0) is 24.3 Å². The minimum atomic E-state index is -0.207. The second kappa shape index (κ2) is 6.24. The summed E-state index contributed by atoms with van der Waals surface area (Å²) in [7, 11) is 1.66. The van der Waals surface area contributed by atoms with Gasteiger partial charge in [0, 0.05) is 35.5 Å². The largest absolute Gasteiger partial charge is 0.382 e. The van der Waals surface area contributed by atoms with Gasteiger partial charge >= 0.3 is 0 Å². The first-order chi connectivity index (χ1) is 10.3. The molecule has 0 bridgehead atoms. The third-order valence-electron chi connectivity index (χ3n) is 3.63. The molecule has 110 valence electrons. The highest BCUT2D eigenvalue weighted by Crippen LogP contribution is 2.29. The lowest BCUT2D eigenvalue weighted by Crippen LogP contribution is -2.09. The molecule has 1 aromatic heterocycles. The predicted octanol–water partition coefficient (Wildman–Crippen LogP) is 3.60. The Morgan fingerprint density at radius 1 is 0.952 bits per heavy atom. The fourth-order valence-electron chi connectivity index (χ4n) is 2.67. The average Bonchev–Trinajstić information content (AvgIpc) is 2.81. The number of rotatable bonds is 6. The van der Waals surface area contributed by atoms with Crippen LogP contribution in [0.2, 0.25) is 0 Å². The smallest absolute Gasteiger partial charge is 0.123 e. The van der Waals surface area contributed by atoms with Crippen LogP contribution in [0.5, 0.6) is 0 Å².